The van der Waals surface area contributed by atoms with Crippen molar-refractivity contribution in [1.29, 1.82) is 0 Å². The van der Waals surface area contributed by atoms with Crippen molar-refractivity contribution < 1.29 is 4.74 Å². The van der Waals surface area contributed by atoms with Gasteiger partial charge in [0, 0.05) is 19.2 Å². The molecule has 2 heterocycles. The molecule has 1 aliphatic rings. The number of nitrogens with one attached hydrogen (secondary N) is 1. The van der Waals surface area contributed by atoms with Gasteiger partial charge in [0.1, 0.15) is 11.6 Å². The summed E-state index contributed by atoms with van der Waals surface area (Å²) in [6.45, 7) is 8.65. The van der Waals surface area contributed by atoms with Crippen LogP contribution in [0.4, 0.5) is 17.6 Å². The van der Waals surface area contributed by atoms with Gasteiger partial charge < -0.3 is 20.7 Å². The molecule has 1 fully saturated rings. The smallest absolute Gasteiger partial charge is 0.223 e. The maximum atomic E-state index is 5.80. The first-order valence-electron chi connectivity index (χ1n) is 6.90. The SMILES string of the molecule is CCNc1cc(N2CC(C)OCC2CC)nc(N)n1. The minimum Gasteiger partial charge on any atom is -0.375 e. The molecule has 2 rings (SSSR count). The lowest BCUT2D eigenvalue weighted by molar-refractivity contribution is 0.0296. The monoisotopic (exact) mass is 265 g/mol. The van der Waals surface area contributed by atoms with Gasteiger partial charge in [-0.1, -0.05) is 6.92 Å². The Kier molecular flexibility index (Phi) is 4.42. The van der Waals surface area contributed by atoms with E-state index in [-0.39, 0.29) is 6.10 Å². The van der Waals surface area contributed by atoms with Gasteiger partial charge in [0.25, 0.3) is 0 Å². The van der Waals surface area contributed by atoms with Gasteiger partial charge in [0.15, 0.2) is 0 Å². The van der Waals surface area contributed by atoms with Gasteiger partial charge in [-0.05, 0) is 20.3 Å². The number of hydrogen-bond acceptors (Lipinski definition) is 6. The molecule has 0 aromatic carbocycles. The number of nitrogens with zero attached hydrogens (tertiary/aromatic N) is 3. The number of morpholine rings is 1. The van der Waals surface area contributed by atoms with Crippen LogP contribution in [0.5, 0.6) is 0 Å². The number of aromatic nitrogens is 2. The van der Waals surface area contributed by atoms with Crippen molar-refractivity contribution in [2.24, 2.45) is 0 Å². The van der Waals surface area contributed by atoms with Crippen molar-refractivity contribution in [3.63, 3.8) is 0 Å². The minimum atomic E-state index is 0.210. The van der Waals surface area contributed by atoms with Crippen molar-refractivity contribution in [3.05, 3.63) is 6.07 Å². The molecule has 1 aromatic heterocycles. The van der Waals surface area contributed by atoms with Gasteiger partial charge in [-0.25, -0.2) is 0 Å². The average Bonchev–Trinajstić information content (AvgIpc) is 2.38. The molecule has 0 amide bonds. The van der Waals surface area contributed by atoms with Crippen LogP contribution in [0.25, 0.3) is 0 Å². The Morgan fingerprint density at radius 1 is 1.47 bits per heavy atom. The molecule has 0 saturated carbocycles. The second-order valence-corrected chi connectivity index (χ2v) is 4.86. The Hall–Kier alpha value is -1.56. The third-order valence-corrected chi connectivity index (χ3v) is 3.32. The van der Waals surface area contributed by atoms with Crippen LogP contribution in [-0.4, -0.2) is 41.8 Å². The molecule has 0 aliphatic carbocycles. The summed E-state index contributed by atoms with van der Waals surface area (Å²) in [5, 5.41) is 3.18. The Morgan fingerprint density at radius 3 is 2.95 bits per heavy atom. The molecule has 19 heavy (non-hydrogen) atoms. The largest absolute Gasteiger partial charge is 0.375 e. The Morgan fingerprint density at radius 2 is 2.26 bits per heavy atom. The zero-order valence-electron chi connectivity index (χ0n) is 11.9. The molecular weight excluding hydrogens is 242 g/mol. The zero-order chi connectivity index (χ0) is 13.8. The highest BCUT2D eigenvalue weighted by Gasteiger charge is 2.27. The van der Waals surface area contributed by atoms with Crippen LogP contribution >= 0.6 is 0 Å². The Balaban J connectivity index is 2.27. The van der Waals surface area contributed by atoms with Crippen LogP contribution in [-0.2, 0) is 4.74 Å². The van der Waals surface area contributed by atoms with E-state index in [0.29, 0.717) is 12.0 Å². The van der Waals surface area contributed by atoms with E-state index >= 15 is 0 Å². The summed E-state index contributed by atoms with van der Waals surface area (Å²) in [5.41, 5.74) is 5.80. The quantitative estimate of drug-likeness (QED) is 0.859. The number of nitrogen functional groups attached to an aromatic ring is 1. The molecule has 1 aromatic rings. The molecule has 1 saturated heterocycles. The van der Waals surface area contributed by atoms with E-state index in [1.54, 1.807) is 0 Å². The molecule has 2 unspecified atom stereocenters. The average molecular weight is 265 g/mol. The summed E-state index contributed by atoms with van der Waals surface area (Å²) >= 11 is 0. The van der Waals surface area contributed by atoms with Crippen molar-refractivity contribution in [2.75, 3.05) is 35.6 Å². The molecule has 6 nitrogen and oxygen atoms in total. The van der Waals surface area contributed by atoms with E-state index in [9.17, 15) is 0 Å². The highest BCUT2D eigenvalue weighted by Crippen LogP contribution is 2.24. The molecule has 1 aliphatic heterocycles. The zero-order valence-corrected chi connectivity index (χ0v) is 11.9. The molecular formula is C13H23N5O. The van der Waals surface area contributed by atoms with Gasteiger partial charge in [-0.15, -0.1) is 0 Å². The van der Waals surface area contributed by atoms with Gasteiger partial charge in [-0.2, -0.15) is 9.97 Å². The standard InChI is InChI=1S/C13H23N5O/c1-4-10-8-19-9(3)7-18(10)12-6-11(15-5-2)16-13(14)17-12/h6,9-10H,4-5,7-8H2,1-3H3,(H3,14,15,16,17). The number of nitrogens with two attached hydrogens (primary N) is 1. The van der Waals surface area contributed by atoms with Gasteiger partial charge in [0.05, 0.1) is 18.8 Å². The van der Waals surface area contributed by atoms with Gasteiger partial charge in [0.2, 0.25) is 5.95 Å². The van der Waals surface area contributed by atoms with Crippen LogP contribution in [0.15, 0.2) is 6.07 Å². The van der Waals surface area contributed by atoms with Crippen molar-refractivity contribution in [3.8, 4) is 0 Å². The third kappa shape index (κ3) is 3.26. The summed E-state index contributed by atoms with van der Waals surface area (Å²) in [4.78, 5) is 10.8. The van der Waals surface area contributed by atoms with Gasteiger partial charge in [-0.3, -0.25) is 0 Å². The maximum Gasteiger partial charge on any atom is 0.223 e. The molecule has 0 bridgehead atoms. The van der Waals surface area contributed by atoms with Crippen molar-refractivity contribution >= 4 is 17.6 Å². The highest BCUT2D eigenvalue weighted by molar-refractivity contribution is 5.53. The first kappa shape index (κ1) is 13.9. The summed E-state index contributed by atoms with van der Waals surface area (Å²) in [6.07, 6.45) is 1.23. The number of hydrogen-bond donors (Lipinski definition) is 2. The van der Waals surface area contributed by atoms with Crippen LogP contribution < -0.4 is 16.0 Å². The molecule has 0 spiro atoms. The van der Waals surface area contributed by atoms with E-state index in [2.05, 4.69) is 34.0 Å². The van der Waals surface area contributed by atoms with Crippen LogP contribution in [0.3, 0.4) is 0 Å². The van der Waals surface area contributed by atoms with Crippen molar-refractivity contribution in [2.45, 2.75) is 39.3 Å². The third-order valence-electron chi connectivity index (χ3n) is 3.32. The molecule has 106 valence electrons. The Labute approximate surface area is 114 Å². The van der Waals surface area contributed by atoms with E-state index in [1.165, 1.54) is 0 Å². The van der Waals surface area contributed by atoms with E-state index < -0.39 is 0 Å². The highest BCUT2D eigenvalue weighted by atomic mass is 16.5. The first-order valence-corrected chi connectivity index (χ1v) is 6.90. The maximum absolute atomic E-state index is 5.80. The van der Waals surface area contributed by atoms with Crippen molar-refractivity contribution in [1.82, 2.24) is 9.97 Å². The Bertz CT molecular complexity index is 425. The van der Waals surface area contributed by atoms with Crippen LogP contribution in [0, 0.1) is 0 Å². The fraction of sp³-hybridized carbons (Fsp3) is 0.692. The molecule has 6 heteroatoms. The lowest BCUT2D eigenvalue weighted by Crippen LogP contribution is -2.49. The second-order valence-electron chi connectivity index (χ2n) is 4.86. The van der Waals surface area contributed by atoms with E-state index in [4.69, 9.17) is 10.5 Å². The normalized spacial score (nSPS) is 23.4. The van der Waals surface area contributed by atoms with E-state index in [1.807, 2.05) is 13.0 Å². The topological polar surface area (TPSA) is 76.3 Å². The summed E-state index contributed by atoms with van der Waals surface area (Å²) in [6, 6.07) is 2.31. The van der Waals surface area contributed by atoms with Crippen LogP contribution in [0.1, 0.15) is 27.2 Å². The predicted octanol–water partition coefficient (Wildman–Crippen LogP) is 1.49. The fourth-order valence-electron chi connectivity index (χ4n) is 2.33. The van der Waals surface area contributed by atoms with E-state index in [0.717, 1.165) is 37.8 Å². The fourth-order valence-corrected chi connectivity index (χ4v) is 2.33. The lowest BCUT2D eigenvalue weighted by Gasteiger charge is -2.39. The molecule has 2 atom stereocenters. The second kappa shape index (κ2) is 6.06. The minimum absolute atomic E-state index is 0.210. The number of rotatable bonds is 4. The number of ether oxygens (including phenoxy) is 1. The summed E-state index contributed by atoms with van der Waals surface area (Å²) < 4.78 is 5.71. The first-order chi connectivity index (χ1) is 9.13. The number of anilines is 3. The van der Waals surface area contributed by atoms with Crippen LogP contribution in [0.2, 0.25) is 0 Å². The predicted molar refractivity (Wildman–Crippen MR) is 77.4 cm³/mol. The summed E-state index contributed by atoms with van der Waals surface area (Å²) in [5.74, 6) is 1.96. The van der Waals surface area contributed by atoms with Gasteiger partial charge >= 0.3 is 0 Å². The molecule has 0 radical (unpaired) electrons. The molecule has 3 N–H and O–H groups in total. The summed E-state index contributed by atoms with van der Waals surface area (Å²) in [7, 11) is 0. The lowest BCUT2D eigenvalue weighted by atomic mass is 10.1.